The number of nitrogens with zero attached hydrogens (tertiary/aromatic N) is 2. The van der Waals surface area contributed by atoms with E-state index in [1.807, 2.05) is 18.2 Å². The summed E-state index contributed by atoms with van der Waals surface area (Å²) in [5.41, 5.74) is 1.11. The predicted octanol–water partition coefficient (Wildman–Crippen LogP) is 5.48. The van der Waals surface area contributed by atoms with Crippen molar-refractivity contribution in [2.45, 2.75) is 32.0 Å². The van der Waals surface area contributed by atoms with Crippen molar-refractivity contribution in [2.75, 3.05) is 11.1 Å². The minimum atomic E-state index is -0.216. The maximum atomic E-state index is 12.9. The molecule has 1 N–H and O–H groups in total. The lowest BCUT2D eigenvalue weighted by molar-refractivity contribution is -0.113. The van der Waals surface area contributed by atoms with E-state index in [0.29, 0.717) is 44.3 Å². The second kappa shape index (κ2) is 9.65. The molecule has 0 atom stereocenters. The Morgan fingerprint density at radius 3 is 2.66 bits per heavy atom. The summed E-state index contributed by atoms with van der Waals surface area (Å²) < 4.78 is 1.67. The van der Waals surface area contributed by atoms with Gasteiger partial charge in [-0.3, -0.25) is 14.2 Å². The molecule has 0 spiro atoms. The Balaban J connectivity index is 1.80. The van der Waals surface area contributed by atoms with Crippen LogP contribution < -0.4 is 10.9 Å². The van der Waals surface area contributed by atoms with Gasteiger partial charge in [0.05, 0.1) is 26.7 Å². The second-order valence-corrected chi connectivity index (χ2v) is 8.77. The van der Waals surface area contributed by atoms with Gasteiger partial charge in [-0.05, 0) is 42.7 Å². The monoisotopic (exact) mass is 449 g/mol. The maximum absolute atomic E-state index is 12.9. The summed E-state index contributed by atoms with van der Waals surface area (Å²) in [5, 5.41) is 4.70. The van der Waals surface area contributed by atoms with E-state index < -0.39 is 0 Å². The highest BCUT2D eigenvalue weighted by Crippen LogP contribution is 2.25. The molecule has 0 bridgehead atoms. The standard InChI is InChI=1S/C21H21Cl2N3O2S/c1-13(2)9-10-26-20(28)15-5-3-4-6-18(15)25-21(26)29-12-19(27)24-14-7-8-16(22)17(23)11-14/h3-8,11,13H,9-10,12H2,1-2H3,(H,24,27). The fourth-order valence-electron chi connectivity index (χ4n) is 2.74. The second-order valence-electron chi connectivity index (χ2n) is 7.02. The molecule has 0 aliphatic rings. The highest BCUT2D eigenvalue weighted by Gasteiger charge is 2.14. The first-order valence-electron chi connectivity index (χ1n) is 9.22. The van der Waals surface area contributed by atoms with Crippen LogP contribution in [0.2, 0.25) is 10.0 Å². The van der Waals surface area contributed by atoms with Crippen molar-refractivity contribution in [3.8, 4) is 0 Å². The lowest BCUT2D eigenvalue weighted by Gasteiger charge is -2.14. The first kappa shape index (κ1) is 21.7. The van der Waals surface area contributed by atoms with E-state index in [-0.39, 0.29) is 17.2 Å². The van der Waals surface area contributed by atoms with E-state index >= 15 is 0 Å². The molecule has 29 heavy (non-hydrogen) atoms. The average molecular weight is 450 g/mol. The molecule has 0 aliphatic heterocycles. The van der Waals surface area contributed by atoms with Crippen molar-refractivity contribution < 1.29 is 4.79 Å². The number of thioether (sulfide) groups is 1. The van der Waals surface area contributed by atoms with E-state index in [1.165, 1.54) is 11.8 Å². The van der Waals surface area contributed by atoms with Gasteiger partial charge in [0.2, 0.25) is 5.91 Å². The van der Waals surface area contributed by atoms with Crippen LogP contribution in [0.5, 0.6) is 0 Å². The van der Waals surface area contributed by atoms with Gasteiger partial charge in [-0.1, -0.05) is 60.9 Å². The third-order valence-electron chi connectivity index (χ3n) is 4.29. The quantitative estimate of drug-likeness (QED) is 0.383. The van der Waals surface area contributed by atoms with Crippen molar-refractivity contribution >= 4 is 57.5 Å². The summed E-state index contributed by atoms with van der Waals surface area (Å²) >= 11 is 13.1. The van der Waals surface area contributed by atoms with E-state index in [0.717, 1.165) is 6.42 Å². The number of halogens is 2. The number of para-hydroxylation sites is 1. The number of carbonyl (C=O) groups is 1. The molecule has 1 amide bonds. The topological polar surface area (TPSA) is 64.0 Å². The Labute approximate surface area is 183 Å². The zero-order chi connectivity index (χ0) is 21.0. The Morgan fingerprint density at radius 2 is 1.93 bits per heavy atom. The average Bonchev–Trinajstić information content (AvgIpc) is 2.68. The van der Waals surface area contributed by atoms with Gasteiger partial charge in [-0.2, -0.15) is 0 Å². The number of benzene rings is 2. The third-order valence-corrected chi connectivity index (χ3v) is 6.01. The number of fused-ring (bicyclic) bond motifs is 1. The van der Waals surface area contributed by atoms with Crippen LogP contribution in [0.25, 0.3) is 10.9 Å². The fourth-order valence-corrected chi connectivity index (χ4v) is 3.87. The minimum Gasteiger partial charge on any atom is -0.325 e. The molecule has 5 nitrogen and oxygen atoms in total. The van der Waals surface area contributed by atoms with Gasteiger partial charge in [0.1, 0.15) is 0 Å². The van der Waals surface area contributed by atoms with Crippen LogP contribution in [0, 0.1) is 5.92 Å². The smallest absolute Gasteiger partial charge is 0.262 e. The van der Waals surface area contributed by atoms with Crippen molar-refractivity contribution in [1.29, 1.82) is 0 Å². The summed E-state index contributed by atoms with van der Waals surface area (Å²) in [6.45, 7) is 4.78. The van der Waals surface area contributed by atoms with Crippen LogP contribution >= 0.6 is 35.0 Å². The van der Waals surface area contributed by atoms with Gasteiger partial charge in [0.25, 0.3) is 5.56 Å². The van der Waals surface area contributed by atoms with E-state index in [4.69, 9.17) is 23.2 Å². The fraction of sp³-hybridized carbons (Fsp3) is 0.286. The van der Waals surface area contributed by atoms with Crippen molar-refractivity contribution in [1.82, 2.24) is 9.55 Å². The van der Waals surface area contributed by atoms with E-state index in [1.54, 1.807) is 28.8 Å². The molecule has 0 unspecified atom stereocenters. The van der Waals surface area contributed by atoms with Crippen LogP contribution in [-0.2, 0) is 11.3 Å². The molecule has 0 radical (unpaired) electrons. The molecule has 3 aromatic rings. The van der Waals surface area contributed by atoms with Gasteiger partial charge in [0, 0.05) is 12.2 Å². The SMILES string of the molecule is CC(C)CCn1c(SCC(=O)Nc2ccc(Cl)c(Cl)c2)nc2ccccc2c1=O. The van der Waals surface area contributed by atoms with Gasteiger partial charge >= 0.3 is 0 Å². The number of aromatic nitrogens is 2. The van der Waals surface area contributed by atoms with Gasteiger partial charge in [-0.15, -0.1) is 0 Å². The Kier molecular flexibility index (Phi) is 7.22. The molecular weight excluding hydrogens is 429 g/mol. The van der Waals surface area contributed by atoms with Gasteiger partial charge in [-0.25, -0.2) is 4.98 Å². The molecule has 1 heterocycles. The van der Waals surface area contributed by atoms with E-state index in [9.17, 15) is 9.59 Å². The summed E-state index contributed by atoms with van der Waals surface area (Å²) in [7, 11) is 0. The Morgan fingerprint density at radius 1 is 1.17 bits per heavy atom. The lowest BCUT2D eigenvalue weighted by atomic mass is 10.1. The summed E-state index contributed by atoms with van der Waals surface area (Å²) in [6.07, 6.45) is 0.850. The van der Waals surface area contributed by atoms with Crippen LogP contribution in [0.3, 0.4) is 0 Å². The number of nitrogens with one attached hydrogen (secondary N) is 1. The molecule has 2 aromatic carbocycles. The zero-order valence-corrected chi connectivity index (χ0v) is 18.4. The first-order valence-corrected chi connectivity index (χ1v) is 11.0. The lowest BCUT2D eigenvalue weighted by Crippen LogP contribution is -2.25. The maximum Gasteiger partial charge on any atom is 0.262 e. The highest BCUT2D eigenvalue weighted by molar-refractivity contribution is 7.99. The van der Waals surface area contributed by atoms with Crippen LogP contribution in [-0.4, -0.2) is 21.2 Å². The molecule has 8 heteroatoms. The van der Waals surface area contributed by atoms with Gasteiger partial charge < -0.3 is 5.32 Å². The third kappa shape index (κ3) is 5.53. The van der Waals surface area contributed by atoms with Crippen molar-refractivity contribution in [2.24, 2.45) is 5.92 Å². The van der Waals surface area contributed by atoms with Crippen LogP contribution in [0.4, 0.5) is 5.69 Å². The van der Waals surface area contributed by atoms with E-state index in [2.05, 4.69) is 24.1 Å². The van der Waals surface area contributed by atoms with Gasteiger partial charge in [0.15, 0.2) is 5.16 Å². The number of anilines is 1. The molecule has 0 aliphatic carbocycles. The van der Waals surface area contributed by atoms with Crippen molar-refractivity contribution in [3.63, 3.8) is 0 Å². The molecule has 1 aromatic heterocycles. The molecule has 0 saturated carbocycles. The molecule has 152 valence electrons. The first-order chi connectivity index (χ1) is 13.8. The Bertz CT molecular complexity index is 1100. The number of hydrogen-bond donors (Lipinski definition) is 1. The van der Waals surface area contributed by atoms with Crippen molar-refractivity contribution in [3.05, 3.63) is 62.9 Å². The van der Waals surface area contributed by atoms with Crippen LogP contribution in [0.15, 0.2) is 52.4 Å². The summed E-state index contributed by atoms with van der Waals surface area (Å²) in [6, 6.07) is 12.2. The number of carbonyl (C=O) groups excluding carboxylic acids is 1. The summed E-state index contributed by atoms with van der Waals surface area (Å²) in [5.74, 6) is 0.350. The zero-order valence-electron chi connectivity index (χ0n) is 16.1. The molecule has 0 saturated heterocycles. The molecular formula is C21H21Cl2N3O2S. The Hall–Kier alpha value is -2.02. The number of amides is 1. The predicted molar refractivity (Wildman–Crippen MR) is 121 cm³/mol. The summed E-state index contributed by atoms with van der Waals surface area (Å²) in [4.78, 5) is 30.0. The minimum absolute atomic E-state index is 0.0800. The van der Waals surface area contributed by atoms with Crippen LogP contribution in [0.1, 0.15) is 20.3 Å². The molecule has 3 rings (SSSR count). The molecule has 0 fully saturated rings. The number of hydrogen-bond acceptors (Lipinski definition) is 4. The number of rotatable bonds is 7. The largest absolute Gasteiger partial charge is 0.325 e. The normalized spacial score (nSPS) is 11.2. The highest BCUT2D eigenvalue weighted by atomic mass is 35.5.